The number of carboxylic acids is 1. The number of carbonyl (C=O) groups is 3. The maximum atomic E-state index is 12.9. The fourth-order valence-electron chi connectivity index (χ4n) is 5.42. The van der Waals surface area contributed by atoms with Gasteiger partial charge in [-0.3, -0.25) is 9.59 Å². The van der Waals surface area contributed by atoms with E-state index in [-0.39, 0.29) is 37.4 Å². The van der Waals surface area contributed by atoms with Gasteiger partial charge in [0.15, 0.2) is 0 Å². The summed E-state index contributed by atoms with van der Waals surface area (Å²) in [6.07, 6.45) is 1.99. The van der Waals surface area contributed by atoms with E-state index in [0.717, 1.165) is 17.5 Å². The summed E-state index contributed by atoms with van der Waals surface area (Å²) in [4.78, 5) is 39.0. The number of aliphatic carboxylic acids is 1. The fraction of sp³-hybridized carbons (Fsp3) is 0.464. The molecule has 2 N–H and O–H groups in total. The Bertz CT molecular complexity index is 1050. The van der Waals surface area contributed by atoms with E-state index in [0.29, 0.717) is 25.8 Å². The number of benzene rings is 2. The normalized spacial score (nSPS) is 19.7. The molecule has 2 aromatic carbocycles. The van der Waals surface area contributed by atoms with Gasteiger partial charge in [0.1, 0.15) is 6.61 Å². The number of likely N-dealkylation sites (tertiary alicyclic amines) is 1. The molecule has 7 heteroatoms. The van der Waals surface area contributed by atoms with Gasteiger partial charge < -0.3 is 20.1 Å². The lowest BCUT2D eigenvalue weighted by Gasteiger charge is -2.25. The number of amides is 2. The van der Waals surface area contributed by atoms with Crippen molar-refractivity contribution in [3.05, 3.63) is 59.7 Å². The van der Waals surface area contributed by atoms with Crippen LogP contribution >= 0.6 is 0 Å². The lowest BCUT2D eigenvalue weighted by Crippen LogP contribution is -2.42. The monoisotopic (exact) mass is 478 g/mol. The topological polar surface area (TPSA) is 95.9 Å². The van der Waals surface area contributed by atoms with Gasteiger partial charge in [-0.1, -0.05) is 68.8 Å². The minimum Gasteiger partial charge on any atom is -0.481 e. The van der Waals surface area contributed by atoms with Crippen LogP contribution in [0.1, 0.15) is 63.0 Å². The summed E-state index contributed by atoms with van der Waals surface area (Å²) < 4.78 is 5.65. The van der Waals surface area contributed by atoms with Gasteiger partial charge in [0.25, 0.3) is 0 Å². The maximum Gasteiger partial charge on any atom is 0.407 e. The highest BCUT2D eigenvalue weighted by Crippen LogP contribution is 2.44. The van der Waals surface area contributed by atoms with Gasteiger partial charge in [0.05, 0.1) is 5.41 Å². The smallest absolute Gasteiger partial charge is 0.407 e. The van der Waals surface area contributed by atoms with Crippen molar-refractivity contribution >= 4 is 18.0 Å². The second kappa shape index (κ2) is 10.5. The molecule has 4 rings (SSSR count). The Hall–Kier alpha value is -3.35. The number of alkyl carbamates (subject to hydrolysis) is 1. The Morgan fingerprint density at radius 1 is 1.09 bits per heavy atom. The number of carbonyl (C=O) groups excluding carboxylic acids is 2. The highest BCUT2D eigenvalue weighted by atomic mass is 16.5. The number of hydrogen-bond donors (Lipinski definition) is 2. The van der Waals surface area contributed by atoms with E-state index in [9.17, 15) is 19.5 Å². The predicted octanol–water partition coefficient (Wildman–Crippen LogP) is 4.80. The third kappa shape index (κ3) is 5.04. The Morgan fingerprint density at radius 3 is 2.26 bits per heavy atom. The first-order valence-electron chi connectivity index (χ1n) is 12.5. The molecule has 1 heterocycles. The molecule has 2 unspecified atom stereocenters. The molecule has 2 atom stereocenters. The Morgan fingerprint density at radius 2 is 1.71 bits per heavy atom. The van der Waals surface area contributed by atoms with Crippen molar-refractivity contribution in [2.75, 3.05) is 19.7 Å². The minimum absolute atomic E-state index is 0.0257. The van der Waals surface area contributed by atoms with Crippen molar-refractivity contribution in [2.24, 2.45) is 5.41 Å². The number of rotatable bonds is 9. The molecular formula is C28H34N2O5. The summed E-state index contributed by atoms with van der Waals surface area (Å²) in [5.41, 5.74) is 3.77. The molecule has 7 nitrogen and oxygen atoms in total. The molecule has 35 heavy (non-hydrogen) atoms. The van der Waals surface area contributed by atoms with Crippen molar-refractivity contribution < 1.29 is 24.2 Å². The zero-order valence-electron chi connectivity index (χ0n) is 20.5. The van der Waals surface area contributed by atoms with Crippen LogP contribution in [0, 0.1) is 5.41 Å². The van der Waals surface area contributed by atoms with E-state index >= 15 is 0 Å². The first kappa shape index (κ1) is 24.8. The van der Waals surface area contributed by atoms with Crippen molar-refractivity contribution in [3.63, 3.8) is 0 Å². The van der Waals surface area contributed by atoms with Gasteiger partial charge in [-0.25, -0.2) is 4.79 Å². The molecule has 1 saturated heterocycles. The standard InChI is InChI=1S/C28H34N2O5/c1-3-9-19(16-25(31)30-15-14-28(4-2,18-30)26(32)33)29-27(34)35-17-24-22-12-7-5-10-20(22)21-11-6-8-13-23(21)24/h5-8,10-13,19,24H,3-4,9,14-18H2,1-2H3,(H,29,34)(H,32,33). The molecule has 0 bridgehead atoms. The van der Waals surface area contributed by atoms with Gasteiger partial charge in [-0.15, -0.1) is 0 Å². The van der Waals surface area contributed by atoms with Crippen molar-refractivity contribution in [1.29, 1.82) is 0 Å². The quantitative estimate of drug-likeness (QED) is 0.540. The molecule has 1 aliphatic heterocycles. The average Bonchev–Trinajstić information content (AvgIpc) is 3.44. The lowest BCUT2D eigenvalue weighted by molar-refractivity contribution is -0.148. The van der Waals surface area contributed by atoms with Crippen LogP contribution in [0.2, 0.25) is 0 Å². The first-order valence-corrected chi connectivity index (χ1v) is 12.5. The van der Waals surface area contributed by atoms with Crippen LogP contribution in [0.25, 0.3) is 11.1 Å². The van der Waals surface area contributed by atoms with Crippen LogP contribution in [-0.4, -0.2) is 53.7 Å². The van der Waals surface area contributed by atoms with E-state index < -0.39 is 17.5 Å². The van der Waals surface area contributed by atoms with Crippen molar-refractivity contribution in [1.82, 2.24) is 10.2 Å². The minimum atomic E-state index is -0.865. The SMILES string of the molecule is CCCC(CC(=O)N1CCC(CC)(C(=O)O)C1)NC(=O)OCC1c2ccccc2-c2ccccc21. The molecule has 2 aromatic rings. The Kier molecular flexibility index (Phi) is 7.43. The van der Waals surface area contributed by atoms with Gasteiger partial charge in [0, 0.05) is 31.5 Å². The molecule has 1 fully saturated rings. The van der Waals surface area contributed by atoms with E-state index in [1.54, 1.807) is 4.90 Å². The zero-order chi connectivity index (χ0) is 25.0. The molecule has 0 spiro atoms. The highest BCUT2D eigenvalue weighted by Gasteiger charge is 2.44. The van der Waals surface area contributed by atoms with Crippen molar-refractivity contribution in [3.8, 4) is 11.1 Å². The van der Waals surface area contributed by atoms with Crippen molar-refractivity contribution in [2.45, 2.75) is 57.9 Å². The van der Waals surface area contributed by atoms with Crippen LogP contribution in [0.4, 0.5) is 4.79 Å². The van der Waals surface area contributed by atoms with E-state index in [1.165, 1.54) is 11.1 Å². The van der Waals surface area contributed by atoms with E-state index in [4.69, 9.17) is 4.74 Å². The van der Waals surface area contributed by atoms with Gasteiger partial charge >= 0.3 is 12.1 Å². The van der Waals surface area contributed by atoms with Crippen LogP contribution in [0.5, 0.6) is 0 Å². The number of nitrogens with zero attached hydrogens (tertiary/aromatic N) is 1. The lowest BCUT2D eigenvalue weighted by atomic mass is 9.84. The molecule has 2 aliphatic rings. The molecule has 0 radical (unpaired) electrons. The number of ether oxygens (including phenoxy) is 1. The second-order valence-electron chi connectivity index (χ2n) is 9.66. The van der Waals surface area contributed by atoms with Gasteiger partial charge in [-0.05, 0) is 41.5 Å². The third-order valence-electron chi connectivity index (χ3n) is 7.56. The van der Waals surface area contributed by atoms with Gasteiger partial charge in [0.2, 0.25) is 5.91 Å². The molecule has 0 aromatic heterocycles. The number of nitrogens with one attached hydrogen (secondary N) is 1. The summed E-state index contributed by atoms with van der Waals surface area (Å²) in [5.74, 6) is -1.00. The second-order valence-corrected chi connectivity index (χ2v) is 9.66. The Balaban J connectivity index is 1.35. The average molecular weight is 479 g/mol. The number of hydrogen-bond acceptors (Lipinski definition) is 4. The maximum absolute atomic E-state index is 12.9. The summed E-state index contributed by atoms with van der Waals surface area (Å²) in [6, 6.07) is 16.0. The van der Waals surface area contributed by atoms with Gasteiger partial charge in [-0.2, -0.15) is 0 Å². The summed E-state index contributed by atoms with van der Waals surface area (Å²) in [5, 5.41) is 12.5. The van der Waals surface area contributed by atoms with Crippen LogP contribution in [0.3, 0.4) is 0 Å². The third-order valence-corrected chi connectivity index (χ3v) is 7.56. The zero-order valence-corrected chi connectivity index (χ0v) is 20.5. The first-order chi connectivity index (χ1) is 16.9. The molecule has 0 saturated carbocycles. The fourth-order valence-corrected chi connectivity index (χ4v) is 5.42. The number of fused-ring (bicyclic) bond motifs is 3. The van der Waals surface area contributed by atoms with Crippen LogP contribution in [-0.2, 0) is 14.3 Å². The van der Waals surface area contributed by atoms with E-state index in [2.05, 4.69) is 29.6 Å². The number of carboxylic acid groups (broad SMARTS) is 1. The van der Waals surface area contributed by atoms with Crippen LogP contribution < -0.4 is 5.32 Å². The molecule has 1 aliphatic carbocycles. The molecule has 186 valence electrons. The van der Waals surface area contributed by atoms with E-state index in [1.807, 2.05) is 38.1 Å². The highest BCUT2D eigenvalue weighted by molar-refractivity contribution is 5.82. The summed E-state index contributed by atoms with van der Waals surface area (Å²) in [6.45, 7) is 4.72. The Labute approximate surface area is 206 Å². The predicted molar refractivity (Wildman–Crippen MR) is 133 cm³/mol. The summed E-state index contributed by atoms with van der Waals surface area (Å²) >= 11 is 0. The molecule has 2 amide bonds. The summed E-state index contributed by atoms with van der Waals surface area (Å²) in [7, 11) is 0. The largest absolute Gasteiger partial charge is 0.481 e. The van der Waals surface area contributed by atoms with Crippen LogP contribution in [0.15, 0.2) is 48.5 Å². The molecular weight excluding hydrogens is 444 g/mol.